The molecule has 3 aliphatic rings. The number of ketones is 1. The molecular weight excluding hydrogens is 462 g/mol. The molecule has 3 N–H and O–H groups in total. The van der Waals surface area contributed by atoms with E-state index >= 15 is 0 Å². The Labute approximate surface area is 203 Å². The maximum Gasteiger partial charge on any atom is 0.394 e. The summed E-state index contributed by atoms with van der Waals surface area (Å²) in [4.78, 5) is 27.5. The largest absolute Gasteiger partial charge is 0.461 e. The summed E-state index contributed by atoms with van der Waals surface area (Å²) in [5.74, 6) is 0.645. The third kappa shape index (κ3) is 6.66. The number of rotatable bonds is 4. The Kier molecular flexibility index (Phi) is 9.13. The van der Waals surface area contributed by atoms with E-state index in [-0.39, 0.29) is 40.7 Å². The minimum Gasteiger partial charge on any atom is -0.461 e. The van der Waals surface area contributed by atoms with Crippen LogP contribution in [-0.4, -0.2) is 72.6 Å². The fourth-order valence-electron chi connectivity index (χ4n) is 6.63. The normalized spacial score (nSPS) is 36.2. The monoisotopic (exact) mass is 503 g/mol. The lowest BCUT2D eigenvalue weighted by Crippen LogP contribution is -2.60. The summed E-state index contributed by atoms with van der Waals surface area (Å²) in [5, 5.41) is 10.6. The number of aliphatic hydroxyl groups excluding tert-OH is 1. The van der Waals surface area contributed by atoms with Crippen molar-refractivity contribution in [2.75, 3.05) is 27.2 Å². The van der Waals surface area contributed by atoms with Gasteiger partial charge in [0.25, 0.3) is 0 Å². The molecule has 3 fully saturated rings. The third-order valence-electron chi connectivity index (χ3n) is 8.52. The van der Waals surface area contributed by atoms with Gasteiger partial charge >= 0.3 is 16.4 Å². The van der Waals surface area contributed by atoms with E-state index in [1.807, 2.05) is 19.0 Å². The van der Waals surface area contributed by atoms with Crippen LogP contribution in [0, 0.1) is 34.5 Å². The molecule has 0 aromatic carbocycles. The number of aliphatic hydroxyl groups is 1. The van der Waals surface area contributed by atoms with Gasteiger partial charge in [-0.15, -0.1) is 0 Å². The first-order valence-corrected chi connectivity index (χ1v) is 13.3. The van der Waals surface area contributed by atoms with Gasteiger partial charge in [0.05, 0.1) is 6.10 Å². The van der Waals surface area contributed by atoms with Crippen LogP contribution >= 0.6 is 0 Å². The van der Waals surface area contributed by atoms with Crippen LogP contribution in [0.2, 0.25) is 0 Å². The minimum absolute atomic E-state index is 0.0168. The summed E-state index contributed by atoms with van der Waals surface area (Å²) < 4.78 is 36.9. The predicted octanol–water partition coefficient (Wildman–Crippen LogP) is 2.80. The third-order valence-corrected chi connectivity index (χ3v) is 8.52. The molecule has 0 radical (unpaired) electrons. The number of allylic oxidation sites excluding steroid dienone is 1. The number of hydrogen-bond acceptors (Lipinski definition) is 7. The van der Waals surface area contributed by atoms with Gasteiger partial charge in [0.2, 0.25) is 0 Å². The maximum absolute atomic E-state index is 13.3. The van der Waals surface area contributed by atoms with Gasteiger partial charge in [-0.1, -0.05) is 33.3 Å². The molecule has 0 aliphatic heterocycles. The molecule has 34 heavy (non-hydrogen) atoms. The molecule has 3 unspecified atom stereocenters. The standard InChI is InChI=1S/C24H39NO4.H2O4S/c1-15-16(13-21(28)29-12-11-25(5)6)7-8-17-22(15)18(26)14-19-23(2,3)20(27)9-10-24(17,19)4;1-5(2,3)4/h13,15,17,19-20,22,27H,7-12,14H2,1-6H3;(H2,1,2,3,4)/b16-13-;/t15-,17?,19?,20-,22?,24+;/m1./s1. The average Bonchev–Trinajstić information content (AvgIpc) is 2.67. The van der Waals surface area contributed by atoms with Crippen LogP contribution in [0.15, 0.2) is 11.6 Å². The van der Waals surface area contributed by atoms with Crippen molar-refractivity contribution >= 4 is 22.2 Å². The lowest BCUT2D eigenvalue weighted by atomic mass is 9.42. The zero-order valence-corrected chi connectivity index (χ0v) is 22.0. The first kappa shape index (κ1) is 28.9. The first-order valence-electron chi connectivity index (χ1n) is 11.9. The van der Waals surface area contributed by atoms with Gasteiger partial charge < -0.3 is 14.7 Å². The van der Waals surface area contributed by atoms with Crippen LogP contribution in [0.3, 0.4) is 0 Å². The van der Waals surface area contributed by atoms with E-state index in [0.717, 1.165) is 31.3 Å². The Morgan fingerprint density at radius 2 is 1.79 bits per heavy atom. The van der Waals surface area contributed by atoms with E-state index in [9.17, 15) is 14.7 Å². The number of ether oxygens (including phenoxy) is 1. The van der Waals surface area contributed by atoms with Crippen molar-refractivity contribution in [2.45, 2.75) is 65.9 Å². The highest BCUT2D eigenvalue weighted by molar-refractivity contribution is 7.79. The number of carbonyl (C=O) groups excluding carboxylic acids is 2. The van der Waals surface area contributed by atoms with Gasteiger partial charge in [0, 0.05) is 25.0 Å². The summed E-state index contributed by atoms with van der Waals surface area (Å²) in [6.45, 7) is 9.82. The van der Waals surface area contributed by atoms with Gasteiger partial charge in [-0.05, 0) is 68.4 Å². The summed E-state index contributed by atoms with van der Waals surface area (Å²) in [6, 6.07) is 0. The molecule has 0 aromatic heterocycles. The van der Waals surface area contributed by atoms with Crippen LogP contribution < -0.4 is 0 Å². The molecule has 9 nitrogen and oxygen atoms in total. The van der Waals surface area contributed by atoms with E-state index in [2.05, 4.69) is 27.7 Å². The van der Waals surface area contributed by atoms with Crippen molar-refractivity contribution in [1.82, 2.24) is 4.90 Å². The molecule has 3 aliphatic carbocycles. The fraction of sp³-hybridized carbons (Fsp3) is 0.833. The molecule has 3 rings (SSSR count). The first-order chi connectivity index (χ1) is 15.5. The molecule has 196 valence electrons. The van der Waals surface area contributed by atoms with Gasteiger partial charge in [-0.3, -0.25) is 13.9 Å². The van der Waals surface area contributed by atoms with Gasteiger partial charge in [-0.2, -0.15) is 8.42 Å². The maximum atomic E-state index is 13.3. The SMILES string of the molecule is C[C@@H]1/C(=C\C(=O)OCCN(C)C)CCC2C1C(=O)CC1C(C)(C)[C@H](O)CC[C@@]21C.O=S(=O)(O)O. The van der Waals surface area contributed by atoms with Crippen LogP contribution in [0.1, 0.15) is 59.8 Å². The Morgan fingerprint density at radius 3 is 2.35 bits per heavy atom. The number of esters is 1. The minimum atomic E-state index is -4.67. The zero-order chi connectivity index (χ0) is 26.1. The molecule has 0 aromatic rings. The second-order valence-corrected chi connectivity index (χ2v) is 12.1. The van der Waals surface area contributed by atoms with Gasteiger partial charge in [-0.25, -0.2) is 4.79 Å². The highest BCUT2D eigenvalue weighted by atomic mass is 32.3. The fourth-order valence-corrected chi connectivity index (χ4v) is 6.63. The number of nitrogens with zero attached hydrogens (tertiary/aromatic N) is 1. The summed E-state index contributed by atoms with van der Waals surface area (Å²) >= 11 is 0. The van der Waals surface area contributed by atoms with Gasteiger partial charge in [0.15, 0.2) is 0 Å². The molecular formula is C24H41NO8S. The van der Waals surface area contributed by atoms with Crippen molar-refractivity contribution in [1.29, 1.82) is 0 Å². The van der Waals surface area contributed by atoms with Crippen molar-refractivity contribution < 1.29 is 37.0 Å². The summed E-state index contributed by atoms with van der Waals surface area (Å²) in [7, 11) is -0.770. The molecule has 0 heterocycles. The zero-order valence-electron chi connectivity index (χ0n) is 21.2. The molecule has 3 saturated carbocycles. The quantitative estimate of drug-likeness (QED) is 0.300. The van der Waals surface area contributed by atoms with E-state index in [4.69, 9.17) is 22.3 Å². The van der Waals surface area contributed by atoms with Crippen LogP contribution in [0.4, 0.5) is 0 Å². The molecule has 0 bridgehead atoms. The topological polar surface area (TPSA) is 141 Å². The summed E-state index contributed by atoms with van der Waals surface area (Å²) in [5.41, 5.74) is 0.905. The van der Waals surface area contributed by atoms with Gasteiger partial charge in [0.1, 0.15) is 12.4 Å². The molecule has 6 atom stereocenters. The second kappa shape index (κ2) is 10.7. The lowest BCUT2D eigenvalue weighted by Gasteiger charge is -2.62. The average molecular weight is 504 g/mol. The van der Waals surface area contributed by atoms with Crippen molar-refractivity contribution in [3.8, 4) is 0 Å². The van der Waals surface area contributed by atoms with E-state index < -0.39 is 10.4 Å². The Bertz CT molecular complexity index is 889. The predicted molar refractivity (Wildman–Crippen MR) is 127 cm³/mol. The van der Waals surface area contributed by atoms with Crippen LogP contribution in [0.25, 0.3) is 0 Å². The molecule has 0 saturated heterocycles. The van der Waals surface area contributed by atoms with Crippen LogP contribution in [-0.2, 0) is 24.7 Å². The number of carbonyl (C=O) groups is 2. The number of likely N-dealkylation sites (N-methyl/N-ethyl adjacent to an activating group) is 1. The Hall–Kier alpha value is -1.33. The number of hydrogen-bond donors (Lipinski definition) is 3. The molecule has 0 spiro atoms. The second-order valence-electron chi connectivity index (χ2n) is 11.2. The highest BCUT2D eigenvalue weighted by Crippen LogP contribution is 2.64. The van der Waals surface area contributed by atoms with Crippen LogP contribution in [0.5, 0.6) is 0 Å². The van der Waals surface area contributed by atoms with E-state index in [0.29, 0.717) is 31.3 Å². The van der Waals surface area contributed by atoms with Crippen molar-refractivity contribution in [2.24, 2.45) is 34.5 Å². The van der Waals surface area contributed by atoms with Crippen molar-refractivity contribution in [3.63, 3.8) is 0 Å². The molecule has 10 heteroatoms. The molecule has 0 amide bonds. The number of fused-ring (bicyclic) bond motifs is 3. The Balaban J connectivity index is 0.000000739. The Morgan fingerprint density at radius 1 is 1.21 bits per heavy atom. The summed E-state index contributed by atoms with van der Waals surface area (Å²) in [6.07, 6.45) is 5.44. The van der Waals surface area contributed by atoms with Crippen molar-refractivity contribution in [3.05, 3.63) is 11.6 Å². The highest BCUT2D eigenvalue weighted by Gasteiger charge is 2.61. The lowest BCUT2D eigenvalue weighted by molar-refractivity contribution is -0.172. The van der Waals surface area contributed by atoms with E-state index in [1.54, 1.807) is 6.08 Å². The van der Waals surface area contributed by atoms with E-state index in [1.165, 1.54) is 0 Å². The number of Topliss-reactive ketones (excluding diaryl/α,β-unsaturated/α-hetero) is 1. The smallest absolute Gasteiger partial charge is 0.394 e.